The van der Waals surface area contributed by atoms with Crippen LogP contribution < -0.4 is 0 Å². The SMILES string of the molecule is CC(=O)OC(C)(C)C(C)CCC(C)[C@H]1CC[C@H]2[C@@H]3C[C@@H](O)[C@H]4C[C@H](O)CC[C@]4(C)[C@@]3(O)CC[C@]12C. The van der Waals surface area contributed by atoms with Crippen LogP contribution in [-0.4, -0.2) is 44.7 Å². The molecular weight excluding hydrogens is 440 g/mol. The van der Waals surface area contributed by atoms with Gasteiger partial charge in [-0.3, -0.25) is 4.79 Å². The van der Waals surface area contributed by atoms with E-state index in [1.165, 1.54) is 13.3 Å². The Morgan fingerprint density at radius 2 is 1.66 bits per heavy atom. The molecule has 0 aromatic rings. The van der Waals surface area contributed by atoms with Gasteiger partial charge in [0.05, 0.1) is 17.8 Å². The third-order valence-electron chi connectivity index (χ3n) is 12.3. The van der Waals surface area contributed by atoms with E-state index in [-0.39, 0.29) is 34.7 Å². The fourth-order valence-corrected chi connectivity index (χ4v) is 9.71. The fraction of sp³-hybridized carbons (Fsp3) is 0.967. The molecule has 4 aliphatic rings. The first-order valence-electron chi connectivity index (χ1n) is 14.4. The Bertz CT molecular complexity index is 796. The smallest absolute Gasteiger partial charge is 0.303 e. The molecule has 0 saturated heterocycles. The van der Waals surface area contributed by atoms with E-state index < -0.39 is 17.3 Å². The number of hydrogen-bond donors (Lipinski definition) is 3. The summed E-state index contributed by atoms with van der Waals surface area (Å²) in [5.41, 5.74) is -1.30. The van der Waals surface area contributed by atoms with Gasteiger partial charge in [0.15, 0.2) is 0 Å². The van der Waals surface area contributed by atoms with Crippen LogP contribution in [-0.2, 0) is 9.53 Å². The maximum absolute atomic E-state index is 12.3. The molecule has 0 amide bonds. The Hall–Kier alpha value is -0.650. The molecule has 0 heterocycles. The Morgan fingerprint density at radius 1 is 0.971 bits per heavy atom. The van der Waals surface area contributed by atoms with Crippen LogP contribution in [0.15, 0.2) is 0 Å². The summed E-state index contributed by atoms with van der Waals surface area (Å²) in [5.74, 6) is 1.87. The molecule has 0 aromatic carbocycles. The van der Waals surface area contributed by atoms with Crippen LogP contribution in [0.1, 0.15) is 113 Å². The largest absolute Gasteiger partial charge is 0.460 e. The van der Waals surface area contributed by atoms with Crippen molar-refractivity contribution in [1.82, 2.24) is 0 Å². The monoisotopic (exact) mass is 492 g/mol. The van der Waals surface area contributed by atoms with E-state index in [4.69, 9.17) is 4.74 Å². The van der Waals surface area contributed by atoms with E-state index in [1.54, 1.807) is 0 Å². The minimum atomic E-state index is -0.734. The van der Waals surface area contributed by atoms with E-state index in [1.807, 2.05) is 13.8 Å². The fourth-order valence-electron chi connectivity index (χ4n) is 9.71. The van der Waals surface area contributed by atoms with E-state index >= 15 is 0 Å². The highest BCUT2D eigenvalue weighted by molar-refractivity contribution is 5.66. The van der Waals surface area contributed by atoms with Crippen molar-refractivity contribution in [3.05, 3.63) is 0 Å². The van der Waals surface area contributed by atoms with Crippen molar-refractivity contribution in [2.24, 2.45) is 46.3 Å². The lowest BCUT2D eigenvalue weighted by atomic mass is 9.41. The van der Waals surface area contributed by atoms with Gasteiger partial charge in [0.25, 0.3) is 0 Å². The van der Waals surface area contributed by atoms with Crippen molar-refractivity contribution in [2.75, 3.05) is 0 Å². The standard InChI is InChI=1S/C30H52O5/c1-18(8-9-19(2)27(4,5)35-20(3)31)22-10-11-23-24-17-26(33)25-16-21(32)12-13-29(25,7)30(24,34)15-14-28(22,23)6/h18-19,21-26,32-34H,8-17H2,1-7H3/t18?,19?,21-,22-,23+,24+,25-,26-,28-,29+,30-/m1/s1. The quantitative estimate of drug-likeness (QED) is 0.427. The highest BCUT2D eigenvalue weighted by Crippen LogP contribution is 2.69. The van der Waals surface area contributed by atoms with Gasteiger partial charge in [-0.05, 0) is 113 Å². The molecule has 5 heteroatoms. The van der Waals surface area contributed by atoms with Crippen LogP contribution >= 0.6 is 0 Å². The van der Waals surface area contributed by atoms with Gasteiger partial charge in [-0.2, -0.15) is 0 Å². The number of hydrogen-bond acceptors (Lipinski definition) is 5. The molecule has 2 unspecified atom stereocenters. The Morgan fingerprint density at radius 3 is 2.31 bits per heavy atom. The molecule has 5 nitrogen and oxygen atoms in total. The molecule has 11 atom stereocenters. The molecule has 4 fully saturated rings. The van der Waals surface area contributed by atoms with Gasteiger partial charge < -0.3 is 20.1 Å². The molecule has 0 radical (unpaired) electrons. The van der Waals surface area contributed by atoms with Crippen molar-refractivity contribution in [3.8, 4) is 0 Å². The lowest BCUT2D eigenvalue weighted by Crippen LogP contribution is -2.68. The molecule has 3 N–H and O–H groups in total. The second-order valence-electron chi connectivity index (χ2n) is 14.2. The average Bonchev–Trinajstić information content (AvgIpc) is 3.11. The highest BCUT2D eigenvalue weighted by Gasteiger charge is 2.68. The number of rotatable bonds is 6. The Labute approximate surface area is 213 Å². The lowest BCUT2D eigenvalue weighted by molar-refractivity contribution is -0.265. The van der Waals surface area contributed by atoms with Gasteiger partial charge in [-0.1, -0.05) is 34.1 Å². The summed E-state index contributed by atoms with van der Waals surface area (Å²) in [6.45, 7) is 14.8. The Balaban J connectivity index is 1.48. The third kappa shape index (κ3) is 4.40. The van der Waals surface area contributed by atoms with Crippen molar-refractivity contribution in [3.63, 3.8) is 0 Å². The van der Waals surface area contributed by atoms with Gasteiger partial charge in [0, 0.05) is 12.3 Å². The number of carbonyl (C=O) groups is 1. The minimum absolute atomic E-state index is 0.00459. The van der Waals surface area contributed by atoms with E-state index in [0.29, 0.717) is 36.5 Å². The maximum Gasteiger partial charge on any atom is 0.303 e. The van der Waals surface area contributed by atoms with Crippen LogP contribution in [0.5, 0.6) is 0 Å². The normalized spacial score (nSPS) is 47.3. The molecule has 202 valence electrons. The van der Waals surface area contributed by atoms with Crippen LogP contribution in [0.4, 0.5) is 0 Å². The molecule has 4 rings (SSSR count). The van der Waals surface area contributed by atoms with E-state index in [9.17, 15) is 20.1 Å². The minimum Gasteiger partial charge on any atom is -0.460 e. The average molecular weight is 493 g/mol. The molecule has 4 saturated carbocycles. The summed E-state index contributed by atoms with van der Waals surface area (Å²) in [6.07, 6.45) is 8.43. The van der Waals surface area contributed by atoms with Crippen LogP contribution in [0.3, 0.4) is 0 Å². The molecule has 35 heavy (non-hydrogen) atoms. The van der Waals surface area contributed by atoms with Gasteiger partial charge >= 0.3 is 5.97 Å². The maximum atomic E-state index is 12.3. The van der Waals surface area contributed by atoms with Crippen LogP contribution in [0.2, 0.25) is 0 Å². The number of ether oxygens (including phenoxy) is 1. The number of carbonyl (C=O) groups excluding carboxylic acids is 1. The molecule has 4 aliphatic carbocycles. The zero-order valence-corrected chi connectivity index (χ0v) is 23.3. The van der Waals surface area contributed by atoms with Crippen molar-refractivity contribution < 1.29 is 24.9 Å². The van der Waals surface area contributed by atoms with Crippen LogP contribution in [0, 0.1) is 46.3 Å². The predicted molar refractivity (Wildman–Crippen MR) is 137 cm³/mol. The second-order valence-corrected chi connectivity index (χ2v) is 14.2. The van der Waals surface area contributed by atoms with E-state index in [0.717, 1.165) is 44.9 Å². The second kappa shape index (κ2) is 9.27. The number of fused-ring (bicyclic) bond motifs is 5. The van der Waals surface area contributed by atoms with Crippen molar-refractivity contribution in [1.29, 1.82) is 0 Å². The first kappa shape index (κ1) is 27.4. The van der Waals surface area contributed by atoms with Gasteiger partial charge in [0.2, 0.25) is 0 Å². The third-order valence-corrected chi connectivity index (χ3v) is 12.3. The van der Waals surface area contributed by atoms with Crippen molar-refractivity contribution in [2.45, 2.75) is 136 Å². The topological polar surface area (TPSA) is 87.0 Å². The number of esters is 1. The molecule has 0 bridgehead atoms. The summed E-state index contributed by atoms with van der Waals surface area (Å²) in [6, 6.07) is 0. The summed E-state index contributed by atoms with van der Waals surface area (Å²) < 4.78 is 5.60. The van der Waals surface area contributed by atoms with Gasteiger partial charge in [-0.15, -0.1) is 0 Å². The first-order chi connectivity index (χ1) is 16.2. The Kier molecular flexibility index (Phi) is 7.26. The van der Waals surface area contributed by atoms with Crippen molar-refractivity contribution >= 4 is 5.97 Å². The highest BCUT2D eigenvalue weighted by atomic mass is 16.6. The number of aliphatic hydroxyl groups is 3. The summed E-state index contributed by atoms with van der Waals surface area (Å²) in [4.78, 5) is 11.5. The predicted octanol–water partition coefficient (Wildman–Crippen LogP) is 5.49. The van der Waals surface area contributed by atoms with Gasteiger partial charge in [-0.25, -0.2) is 0 Å². The number of aliphatic hydroxyl groups excluding tert-OH is 2. The molecule has 0 aromatic heterocycles. The summed E-state index contributed by atoms with van der Waals surface area (Å²) >= 11 is 0. The van der Waals surface area contributed by atoms with E-state index in [2.05, 4.69) is 27.7 Å². The molecule has 0 aliphatic heterocycles. The first-order valence-corrected chi connectivity index (χ1v) is 14.4. The molecule has 0 spiro atoms. The zero-order valence-electron chi connectivity index (χ0n) is 23.3. The van der Waals surface area contributed by atoms with Crippen LogP contribution in [0.25, 0.3) is 0 Å². The summed E-state index contributed by atoms with van der Waals surface area (Å²) in [7, 11) is 0. The summed E-state index contributed by atoms with van der Waals surface area (Å²) in [5, 5.41) is 33.9. The lowest BCUT2D eigenvalue weighted by Gasteiger charge is -2.66. The van der Waals surface area contributed by atoms with Gasteiger partial charge in [0.1, 0.15) is 5.60 Å². The molecular formula is C30H52O5. The zero-order chi connectivity index (χ0) is 26.0.